The van der Waals surface area contributed by atoms with Crippen molar-refractivity contribution >= 4 is 63.9 Å². The molecule has 2 aromatic heterocycles. The summed E-state index contributed by atoms with van der Waals surface area (Å²) in [5.41, 5.74) is 0. The van der Waals surface area contributed by atoms with E-state index in [9.17, 15) is 25.3 Å². The summed E-state index contributed by atoms with van der Waals surface area (Å²) in [5, 5.41) is 14.9. The third-order valence-corrected chi connectivity index (χ3v) is 15.8. The molecule has 226 valence electrons. The van der Waals surface area contributed by atoms with E-state index < -0.39 is 41.3 Å². The number of aromatic nitrogens is 4. The Morgan fingerprint density at radius 3 is 1.36 bits per heavy atom. The lowest BCUT2D eigenvalue weighted by Gasteiger charge is -2.05. The van der Waals surface area contributed by atoms with Gasteiger partial charge >= 0.3 is 0 Å². The fourth-order valence-electron chi connectivity index (χ4n) is 3.23. The Morgan fingerprint density at radius 2 is 1.00 bits per heavy atom. The second-order valence-corrected chi connectivity index (χ2v) is 19.8. The summed E-state index contributed by atoms with van der Waals surface area (Å²) in [7, 11) is -9.27. The van der Waals surface area contributed by atoms with Crippen molar-refractivity contribution in [2.75, 3.05) is 11.5 Å². The summed E-state index contributed by atoms with van der Waals surface area (Å²) in [4.78, 5) is 0. The maximum atomic E-state index is 12.2. The second-order valence-electron chi connectivity index (χ2n) is 9.16. The van der Waals surface area contributed by atoms with Crippen molar-refractivity contribution in [3.05, 3.63) is 0 Å². The predicted molar refractivity (Wildman–Crippen MR) is 160 cm³/mol. The van der Waals surface area contributed by atoms with Crippen LogP contribution in [-0.2, 0) is 41.3 Å². The summed E-state index contributed by atoms with van der Waals surface area (Å²) in [6.45, 7) is 11.8. The molecule has 0 aromatic carbocycles. The maximum Gasteiger partial charge on any atom is 0.233 e. The van der Waals surface area contributed by atoms with Crippen molar-refractivity contribution in [1.82, 2.24) is 20.4 Å². The molecule has 0 fully saturated rings. The highest BCUT2D eigenvalue weighted by Crippen LogP contribution is 2.24. The van der Waals surface area contributed by atoms with Gasteiger partial charge in [0.2, 0.25) is 37.0 Å². The fraction of sp³-hybridized carbons (Fsp3) is 0.826. The number of hydrogen-bond acceptors (Lipinski definition) is 12. The van der Waals surface area contributed by atoms with Crippen LogP contribution in [0.15, 0.2) is 17.4 Å². The van der Waals surface area contributed by atoms with E-state index in [0.29, 0.717) is 21.5 Å². The van der Waals surface area contributed by atoms with Gasteiger partial charge in [-0.3, -0.25) is 8.42 Å². The molecule has 0 radical (unpaired) electrons. The Labute approximate surface area is 247 Å². The smallest absolute Gasteiger partial charge is 0.233 e. The van der Waals surface area contributed by atoms with Gasteiger partial charge in [-0.15, -0.1) is 20.4 Å². The van der Waals surface area contributed by atoms with Gasteiger partial charge in [-0.25, -0.2) is 16.8 Å². The Bertz CT molecular complexity index is 1260. The molecule has 0 bridgehead atoms. The fourth-order valence-corrected chi connectivity index (χ4v) is 12.0. The van der Waals surface area contributed by atoms with Crippen molar-refractivity contribution in [2.45, 2.75) is 127 Å². The highest BCUT2D eigenvalue weighted by Gasteiger charge is 2.25. The summed E-state index contributed by atoms with van der Waals surface area (Å²) >= 11 is 1.89. The number of hydrogen-bond donors (Lipinski definition) is 0. The highest BCUT2D eigenvalue weighted by molar-refractivity contribution is 7.94. The molecule has 16 heteroatoms. The number of rotatable bonds is 17. The monoisotopic (exact) mass is 662 g/mol. The Balaban J connectivity index is 0.000000391. The van der Waals surface area contributed by atoms with Crippen LogP contribution in [0.4, 0.5) is 0 Å². The van der Waals surface area contributed by atoms with Crippen LogP contribution in [0.1, 0.15) is 99.3 Å². The SMILES string of the molecule is CCCCCS(=O)(=O)c1nnc(S(=O)C(C)CCC)s1.CCCCS(=O)(=O)c1nnc(S(=O)C(C)CCC)s1. The summed E-state index contributed by atoms with van der Waals surface area (Å²) < 4.78 is 72.9. The molecule has 0 aliphatic carbocycles. The first-order chi connectivity index (χ1) is 18.3. The minimum atomic E-state index is -3.37. The summed E-state index contributed by atoms with van der Waals surface area (Å²) in [6, 6.07) is 0. The van der Waals surface area contributed by atoms with E-state index in [-0.39, 0.29) is 30.7 Å². The molecule has 0 N–H and O–H groups in total. The van der Waals surface area contributed by atoms with Crippen molar-refractivity contribution in [3.63, 3.8) is 0 Å². The normalized spacial score (nSPS) is 15.2. The van der Waals surface area contributed by atoms with Gasteiger partial charge in [0.25, 0.3) is 0 Å². The number of nitrogens with zero attached hydrogens (tertiary/aromatic N) is 4. The minimum absolute atomic E-state index is 0.000603. The lowest BCUT2D eigenvalue weighted by Crippen LogP contribution is -2.10. The highest BCUT2D eigenvalue weighted by atomic mass is 32.3. The third-order valence-electron chi connectivity index (χ3n) is 5.56. The van der Waals surface area contributed by atoms with E-state index in [1.165, 1.54) is 0 Å². The molecule has 0 saturated heterocycles. The molecule has 4 atom stereocenters. The van der Waals surface area contributed by atoms with Gasteiger partial charge in [0.15, 0.2) is 0 Å². The standard InChI is InChI=1S/C12H22N2O3S3.C11H20N2O3S3/c1-4-6-7-9-20(16,17)12-14-13-11(18-12)19(15)10(3)8-5-2;1-4-6-8-19(15,16)11-13-12-10(17-11)18(14)9(3)7-5-2/h10H,4-9H2,1-3H3;9H,4-8H2,1-3H3. The first-order valence-corrected chi connectivity index (χ1v) is 20.6. The third kappa shape index (κ3) is 12.0. The molecule has 10 nitrogen and oxygen atoms in total. The molecule has 0 spiro atoms. The molecule has 2 heterocycles. The van der Waals surface area contributed by atoms with Gasteiger partial charge in [-0.1, -0.05) is 96.3 Å². The van der Waals surface area contributed by atoms with Crippen LogP contribution in [0.2, 0.25) is 0 Å². The molecule has 0 aliphatic rings. The topological polar surface area (TPSA) is 154 Å². The molecule has 0 aliphatic heterocycles. The van der Waals surface area contributed by atoms with Gasteiger partial charge in [0.05, 0.1) is 33.1 Å². The zero-order chi connectivity index (χ0) is 29.6. The van der Waals surface area contributed by atoms with Gasteiger partial charge in [0.1, 0.15) is 0 Å². The maximum absolute atomic E-state index is 12.2. The summed E-state index contributed by atoms with van der Waals surface area (Å²) in [6.07, 6.45) is 7.41. The van der Waals surface area contributed by atoms with Crippen LogP contribution in [0.25, 0.3) is 0 Å². The van der Waals surface area contributed by atoms with Gasteiger partial charge in [-0.2, -0.15) is 0 Å². The summed E-state index contributed by atoms with van der Waals surface area (Å²) in [5.74, 6) is 0.169. The van der Waals surface area contributed by atoms with Crippen LogP contribution < -0.4 is 0 Å². The van der Waals surface area contributed by atoms with Crippen LogP contribution in [-0.4, -0.2) is 67.7 Å². The van der Waals surface area contributed by atoms with E-state index in [1.54, 1.807) is 0 Å². The van der Waals surface area contributed by atoms with E-state index in [2.05, 4.69) is 20.4 Å². The molecule has 2 aromatic rings. The van der Waals surface area contributed by atoms with Gasteiger partial charge in [-0.05, 0) is 25.7 Å². The molecular formula is C23H42N4O6S6. The van der Waals surface area contributed by atoms with Crippen molar-refractivity contribution in [2.24, 2.45) is 0 Å². The lowest BCUT2D eigenvalue weighted by molar-refractivity contribution is 0.587. The average Bonchev–Trinajstić information content (AvgIpc) is 3.59. The van der Waals surface area contributed by atoms with Gasteiger partial charge in [0, 0.05) is 10.5 Å². The number of unbranched alkanes of at least 4 members (excludes halogenated alkanes) is 3. The van der Waals surface area contributed by atoms with Crippen molar-refractivity contribution in [1.29, 1.82) is 0 Å². The quantitative estimate of drug-likeness (QED) is 0.206. The van der Waals surface area contributed by atoms with Crippen LogP contribution in [0.3, 0.4) is 0 Å². The second kappa shape index (κ2) is 18.0. The van der Waals surface area contributed by atoms with Crippen LogP contribution in [0.5, 0.6) is 0 Å². The average molecular weight is 663 g/mol. The van der Waals surface area contributed by atoms with Crippen molar-refractivity contribution < 1.29 is 25.3 Å². The number of sulfone groups is 2. The Hall–Kier alpha value is -0.680. The zero-order valence-corrected chi connectivity index (χ0v) is 28.5. The zero-order valence-electron chi connectivity index (χ0n) is 23.6. The van der Waals surface area contributed by atoms with E-state index in [4.69, 9.17) is 0 Å². The first kappa shape index (κ1) is 36.3. The van der Waals surface area contributed by atoms with E-state index >= 15 is 0 Å². The van der Waals surface area contributed by atoms with E-state index in [1.807, 2.05) is 41.5 Å². The van der Waals surface area contributed by atoms with Crippen LogP contribution >= 0.6 is 22.7 Å². The molecule has 4 unspecified atom stereocenters. The molecule has 0 saturated carbocycles. The lowest BCUT2D eigenvalue weighted by atomic mass is 10.3. The molecule has 2 rings (SSSR count). The minimum Gasteiger partial charge on any atom is -0.252 e. The Kier molecular flexibility index (Phi) is 16.8. The molecular weight excluding hydrogens is 621 g/mol. The van der Waals surface area contributed by atoms with Crippen LogP contribution in [0, 0.1) is 0 Å². The van der Waals surface area contributed by atoms with Crippen molar-refractivity contribution in [3.8, 4) is 0 Å². The Morgan fingerprint density at radius 1 is 0.615 bits per heavy atom. The predicted octanol–water partition coefficient (Wildman–Crippen LogP) is 5.21. The largest absolute Gasteiger partial charge is 0.252 e. The van der Waals surface area contributed by atoms with E-state index in [0.717, 1.165) is 67.6 Å². The van der Waals surface area contributed by atoms with Gasteiger partial charge < -0.3 is 0 Å². The molecule has 0 amide bonds. The first-order valence-electron chi connectivity index (χ1n) is 13.3. The molecule has 39 heavy (non-hydrogen) atoms.